The third kappa shape index (κ3) is 2.18. The molecule has 2 nitrogen and oxygen atoms in total. The first-order chi connectivity index (χ1) is 6.02. The Morgan fingerprint density at radius 3 is 2.69 bits per heavy atom. The highest BCUT2D eigenvalue weighted by molar-refractivity contribution is 9.10. The molecule has 0 saturated heterocycles. The molecule has 0 radical (unpaired) electrons. The summed E-state index contributed by atoms with van der Waals surface area (Å²) in [5, 5.41) is 8.73. The van der Waals surface area contributed by atoms with Gasteiger partial charge in [-0.05, 0) is 13.0 Å². The second-order valence-corrected chi connectivity index (χ2v) is 3.62. The highest BCUT2D eigenvalue weighted by Crippen LogP contribution is 2.24. The summed E-state index contributed by atoms with van der Waals surface area (Å²) in [7, 11) is 0. The molecular weight excluding hydrogens is 232 g/mol. The van der Waals surface area contributed by atoms with Gasteiger partial charge in [-0.3, -0.25) is 0 Å². The van der Waals surface area contributed by atoms with Crippen molar-refractivity contribution in [3.05, 3.63) is 40.4 Å². The number of carboxylic acid groups (broad SMARTS) is 1. The SMILES string of the molecule is C=C(C(=O)O)c1cc(C)ccc1Br. The van der Waals surface area contributed by atoms with Crippen LogP contribution in [0.15, 0.2) is 29.3 Å². The average Bonchev–Trinajstić information content (AvgIpc) is 2.08. The topological polar surface area (TPSA) is 37.3 Å². The molecule has 0 atom stereocenters. The first kappa shape index (κ1) is 9.99. The van der Waals surface area contributed by atoms with E-state index in [1.807, 2.05) is 19.1 Å². The summed E-state index contributed by atoms with van der Waals surface area (Å²) in [6.45, 7) is 5.40. The lowest BCUT2D eigenvalue weighted by atomic mass is 10.1. The van der Waals surface area contributed by atoms with Crippen molar-refractivity contribution in [1.82, 2.24) is 0 Å². The zero-order valence-corrected chi connectivity index (χ0v) is 8.76. The summed E-state index contributed by atoms with van der Waals surface area (Å²) in [5.74, 6) is -0.994. The molecule has 0 heterocycles. The van der Waals surface area contributed by atoms with Crippen molar-refractivity contribution in [3.63, 3.8) is 0 Å². The first-order valence-corrected chi connectivity index (χ1v) is 4.50. The van der Waals surface area contributed by atoms with Gasteiger partial charge in [0.2, 0.25) is 0 Å². The maximum absolute atomic E-state index is 10.6. The van der Waals surface area contributed by atoms with Gasteiger partial charge in [-0.25, -0.2) is 4.79 Å². The molecule has 0 aliphatic heterocycles. The fraction of sp³-hybridized carbons (Fsp3) is 0.100. The Morgan fingerprint density at radius 1 is 1.54 bits per heavy atom. The lowest BCUT2D eigenvalue weighted by molar-refractivity contribution is -0.130. The molecule has 0 fully saturated rings. The van der Waals surface area contributed by atoms with E-state index in [0.29, 0.717) is 5.56 Å². The number of halogens is 1. The smallest absolute Gasteiger partial charge is 0.335 e. The number of hydrogen-bond acceptors (Lipinski definition) is 1. The molecule has 0 aliphatic carbocycles. The van der Waals surface area contributed by atoms with Crippen molar-refractivity contribution >= 4 is 27.5 Å². The van der Waals surface area contributed by atoms with Crippen LogP contribution in [-0.4, -0.2) is 11.1 Å². The summed E-state index contributed by atoms with van der Waals surface area (Å²) < 4.78 is 0.755. The minimum absolute atomic E-state index is 0.107. The molecule has 3 heteroatoms. The van der Waals surface area contributed by atoms with Gasteiger partial charge in [0.1, 0.15) is 0 Å². The number of carbonyl (C=O) groups is 1. The van der Waals surface area contributed by atoms with E-state index in [4.69, 9.17) is 5.11 Å². The van der Waals surface area contributed by atoms with E-state index in [0.717, 1.165) is 10.0 Å². The number of hydrogen-bond donors (Lipinski definition) is 1. The molecule has 0 aliphatic rings. The van der Waals surface area contributed by atoms with Crippen LogP contribution in [0.1, 0.15) is 11.1 Å². The largest absolute Gasteiger partial charge is 0.478 e. The number of aliphatic carboxylic acids is 1. The monoisotopic (exact) mass is 240 g/mol. The molecular formula is C10H9BrO2. The van der Waals surface area contributed by atoms with E-state index in [9.17, 15) is 4.79 Å². The number of rotatable bonds is 2. The fourth-order valence-electron chi connectivity index (χ4n) is 0.986. The van der Waals surface area contributed by atoms with E-state index in [1.54, 1.807) is 6.07 Å². The maximum atomic E-state index is 10.6. The minimum Gasteiger partial charge on any atom is -0.478 e. The van der Waals surface area contributed by atoms with Crippen molar-refractivity contribution in [2.24, 2.45) is 0 Å². The maximum Gasteiger partial charge on any atom is 0.335 e. The highest BCUT2D eigenvalue weighted by atomic mass is 79.9. The lowest BCUT2D eigenvalue weighted by Gasteiger charge is -2.04. The van der Waals surface area contributed by atoms with Crippen LogP contribution in [0.4, 0.5) is 0 Å². The van der Waals surface area contributed by atoms with Crippen LogP contribution in [0.3, 0.4) is 0 Å². The van der Waals surface area contributed by atoms with E-state index >= 15 is 0 Å². The molecule has 13 heavy (non-hydrogen) atoms. The number of benzene rings is 1. The van der Waals surface area contributed by atoms with Gasteiger partial charge in [0.15, 0.2) is 0 Å². The summed E-state index contributed by atoms with van der Waals surface area (Å²) >= 11 is 3.28. The van der Waals surface area contributed by atoms with Crippen LogP contribution < -0.4 is 0 Å². The minimum atomic E-state index is -0.994. The van der Waals surface area contributed by atoms with Gasteiger partial charge in [0.05, 0.1) is 5.57 Å². The zero-order chi connectivity index (χ0) is 10.0. The summed E-state index contributed by atoms with van der Waals surface area (Å²) in [5.41, 5.74) is 1.75. The standard InChI is InChI=1S/C10H9BrO2/c1-6-3-4-9(11)8(5-6)7(2)10(12)13/h3-5H,2H2,1H3,(H,12,13). The van der Waals surface area contributed by atoms with Gasteiger partial charge < -0.3 is 5.11 Å². The van der Waals surface area contributed by atoms with E-state index < -0.39 is 5.97 Å². The Morgan fingerprint density at radius 2 is 2.15 bits per heavy atom. The van der Waals surface area contributed by atoms with Gasteiger partial charge in [0, 0.05) is 10.0 Å². The van der Waals surface area contributed by atoms with Crippen LogP contribution in [-0.2, 0) is 4.79 Å². The van der Waals surface area contributed by atoms with E-state index in [-0.39, 0.29) is 5.57 Å². The third-order valence-corrected chi connectivity index (χ3v) is 2.40. The van der Waals surface area contributed by atoms with E-state index in [2.05, 4.69) is 22.5 Å². The molecule has 0 spiro atoms. The summed E-state index contributed by atoms with van der Waals surface area (Å²) in [6, 6.07) is 5.52. The molecule has 1 aromatic rings. The van der Waals surface area contributed by atoms with Crippen LogP contribution in [0, 0.1) is 6.92 Å². The highest BCUT2D eigenvalue weighted by Gasteiger charge is 2.10. The van der Waals surface area contributed by atoms with Crippen molar-refractivity contribution < 1.29 is 9.90 Å². The predicted octanol–water partition coefficient (Wildman–Crippen LogP) is 2.86. The molecule has 0 saturated carbocycles. The summed E-state index contributed by atoms with van der Waals surface area (Å²) in [6.07, 6.45) is 0. The molecule has 0 unspecified atom stereocenters. The molecule has 68 valence electrons. The van der Waals surface area contributed by atoms with Crippen LogP contribution in [0.2, 0.25) is 0 Å². The Labute approximate surface area is 85.0 Å². The van der Waals surface area contributed by atoms with Crippen LogP contribution in [0.25, 0.3) is 5.57 Å². The van der Waals surface area contributed by atoms with Gasteiger partial charge in [0.25, 0.3) is 0 Å². The van der Waals surface area contributed by atoms with Gasteiger partial charge in [-0.1, -0.05) is 40.2 Å². The molecule has 0 amide bonds. The lowest BCUT2D eigenvalue weighted by Crippen LogP contribution is -1.98. The normalized spacial score (nSPS) is 9.69. The molecule has 0 bridgehead atoms. The first-order valence-electron chi connectivity index (χ1n) is 3.71. The van der Waals surface area contributed by atoms with Crippen molar-refractivity contribution in [2.45, 2.75) is 6.92 Å². The fourth-order valence-corrected chi connectivity index (χ4v) is 1.47. The Bertz CT molecular complexity index is 369. The third-order valence-electron chi connectivity index (χ3n) is 1.71. The molecule has 0 aromatic heterocycles. The second-order valence-electron chi connectivity index (χ2n) is 2.77. The average molecular weight is 241 g/mol. The molecule has 1 rings (SSSR count). The van der Waals surface area contributed by atoms with Crippen LogP contribution in [0.5, 0.6) is 0 Å². The number of aryl methyl sites for hydroxylation is 1. The van der Waals surface area contributed by atoms with E-state index in [1.165, 1.54) is 0 Å². The Hall–Kier alpha value is -1.09. The van der Waals surface area contributed by atoms with Gasteiger partial charge in [-0.15, -0.1) is 0 Å². The predicted molar refractivity (Wildman–Crippen MR) is 55.5 cm³/mol. The van der Waals surface area contributed by atoms with Gasteiger partial charge >= 0.3 is 5.97 Å². The quantitative estimate of drug-likeness (QED) is 0.808. The molecule has 1 aromatic carbocycles. The summed E-state index contributed by atoms with van der Waals surface area (Å²) in [4.78, 5) is 10.6. The van der Waals surface area contributed by atoms with Crippen molar-refractivity contribution in [3.8, 4) is 0 Å². The van der Waals surface area contributed by atoms with Crippen molar-refractivity contribution in [2.75, 3.05) is 0 Å². The van der Waals surface area contributed by atoms with Crippen LogP contribution >= 0.6 is 15.9 Å². The second kappa shape index (κ2) is 3.75. The Balaban J connectivity index is 3.21. The Kier molecular flexibility index (Phi) is 2.88. The molecule has 1 N–H and O–H groups in total. The zero-order valence-electron chi connectivity index (χ0n) is 7.17. The number of carboxylic acids is 1. The van der Waals surface area contributed by atoms with Crippen molar-refractivity contribution in [1.29, 1.82) is 0 Å². The van der Waals surface area contributed by atoms with Gasteiger partial charge in [-0.2, -0.15) is 0 Å².